The molecule has 1 atom stereocenters. The molecule has 0 radical (unpaired) electrons. The van der Waals surface area contributed by atoms with Crippen LogP contribution in [-0.4, -0.2) is 29.4 Å². The molecule has 0 aliphatic carbocycles. The molecule has 33 heavy (non-hydrogen) atoms. The molecule has 1 unspecified atom stereocenters. The van der Waals surface area contributed by atoms with Crippen LogP contribution in [0.1, 0.15) is 46.1 Å². The van der Waals surface area contributed by atoms with Gasteiger partial charge in [-0.25, -0.2) is 4.98 Å². The molecule has 0 saturated carbocycles. The first-order valence-electron chi connectivity index (χ1n) is 11.0. The van der Waals surface area contributed by atoms with Crippen LogP contribution in [0, 0.1) is 12.8 Å². The van der Waals surface area contributed by atoms with Crippen LogP contribution < -0.4 is 10.6 Å². The average Bonchev–Trinajstić information content (AvgIpc) is 3.44. The van der Waals surface area contributed by atoms with Crippen molar-refractivity contribution in [2.45, 2.75) is 33.2 Å². The van der Waals surface area contributed by atoms with E-state index in [0.29, 0.717) is 29.3 Å². The zero-order valence-electron chi connectivity index (χ0n) is 18.9. The summed E-state index contributed by atoms with van der Waals surface area (Å²) in [6.45, 7) is 6.40. The minimum absolute atomic E-state index is 0.195. The van der Waals surface area contributed by atoms with Crippen LogP contribution >= 0.6 is 11.3 Å². The summed E-state index contributed by atoms with van der Waals surface area (Å²) >= 11 is 1.50. The molecule has 2 aromatic carbocycles. The van der Waals surface area contributed by atoms with Gasteiger partial charge >= 0.3 is 0 Å². The number of furan rings is 1. The van der Waals surface area contributed by atoms with Gasteiger partial charge in [0.05, 0.1) is 21.7 Å². The fourth-order valence-corrected chi connectivity index (χ4v) is 4.81. The van der Waals surface area contributed by atoms with Crippen LogP contribution in [0.15, 0.2) is 65.3 Å². The highest BCUT2D eigenvalue weighted by Crippen LogP contribution is 2.30. The lowest BCUT2D eigenvalue weighted by atomic mass is 10.0. The molecule has 170 valence electrons. The van der Waals surface area contributed by atoms with E-state index in [2.05, 4.69) is 29.5 Å². The number of aromatic nitrogens is 1. The van der Waals surface area contributed by atoms with Crippen molar-refractivity contribution in [3.8, 4) is 10.4 Å². The standard InChI is InChI=1S/C26H27N3O3S/c1-16(2)14-19(15-27-25(30)21-10-7-11-22-20(21)12-13-32-22)29-26(31)23-24(33-17(3)28-23)18-8-5-4-6-9-18/h4-13,16,19H,14-15H2,1-3H3,(H,27,30)(H,29,31). The van der Waals surface area contributed by atoms with Gasteiger partial charge in [0.2, 0.25) is 0 Å². The first kappa shape index (κ1) is 22.7. The maximum Gasteiger partial charge on any atom is 0.271 e. The zero-order chi connectivity index (χ0) is 23.4. The molecule has 2 N–H and O–H groups in total. The Morgan fingerprint density at radius 1 is 1.03 bits per heavy atom. The molecule has 7 heteroatoms. The molecule has 0 spiro atoms. The topological polar surface area (TPSA) is 84.2 Å². The molecular weight excluding hydrogens is 434 g/mol. The zero-order valence-corrected chi connectivity index (χ0v) is 19.7. The Morgan fingerprint density at radius 3 is 2.58 bits per heavy atom. The Hall–Kier alpha value is -3.45. The molecule has 2 amide bonds. The number of hydrogen-bond acceptors (Lipinski definition) is 5. The highest BCUT2D eigenvalue weighted by Gasteiger charge is 2.22. The van der Waals surface area contributed by atoms with E-state index >= 15 is 0 Å². The molecule has 6 nitrogen and oxygen atoms in total. The molecule has 0 aliphatic rings. The monoisotopic (exact) mass is 461 g/mol. The first-order valence-corrected chi connectivity index (χ1v) is 11.8. The minimum atomic E-state index is -0.227. The predicted molar refractivity (Wildman–Crippen MR) is 132 cm³/mol. The van der Waals surface area contributed by atoms with E-state index in [0.717, 1.165) is 27.3 Å². The quantitative estimate of drug-likeness (QED) is 0.366. The number of nitrogens with zero attached hydrogens (tertiary/aromatic N) is 1. The SMILES string of the molecule is Cc1nc(C(=O)NC(CNC(=O)c2cccc3occc23)CC(C)C)c(-c2ccccc2)s1. The van der Waals surface area contributed by atoms with Crippen LogP contribution in [0.2, 0.25) is 0 Å². The third kappa shape index (κ3) is 5.31. The summed E-state index contributed by atoms with van der Waals surface area (Å²) in [5.74, 6) is -0.0789. The Bertz CT molecular complexity index is 1260. The Balaban J connectivity index is 1.49. The van der Waals surface area contributed by atoms with E-state index in [1.165, 1.54) is 11.3 Å². The van der Waals surface area contributed by atoms with E-state index in [9.17, 15) is 9.59 Å². The predicted octanol–water partition coefficient (Wildman–Crippen LogP) is 5.44. The number of fused-ring (bicyclic) bond motifs is 1. The summed E-state index contributed by atoms with van der Waals surface area (Å²) < 4.78 is 5.40. The van der Waals surface area contributed by atoms with Crippen molar-refractivity contribution >= 4 is 34.1 Å². The lowest BCUT2D eigenvalue weighted by Gasteiger charge is -2.21. The molecular formula is C26H27N3O3S. The molecule has 2 heterocycles. The Labute approximate surface area is 197 Å². The van der Waals surface area contributed by atoms with E-state index < -0.39 is 0 Å². The third-order valence-electron chi connectivity index (χ3n) is 5.33. The van der Waals surface area contributed by atoms with Gasteiger partial charge < -0.3 is 15.1 Å². The molecule has 2 aromatic heterocycles. The fourth-order valence-electron chi connectivity index (χ4n) is 3.89. The third-order valence-corrected chi connectivity index (χ3v) is 6.35. The van der Waals surface area contributed by atoms with E-state index in [1.807, 2.05) is 43.3 Å². The summed E-state index contributed by atoms with van der Waals surface area (Å²) in [6.07, 6.45) is 2.30. The van der Waals surface area contributed by atoms with Crippen LogP contribution in [0.4, 0.5) is 0 Å². The average molecular weight is 462 g/mol. The molecule has 0 fully saturated rings. The maximum absolute atomic E-state index is 13.2. The van der Waals surface area contributed by atoms with Gasteiger partial charge in [-0.1, -0.05) is 50.2 Å². The van der Waals surface area contributed by atoms with E-state index in [1.54, 1.807) is 24.5 Å². The minimum Gasteiger partial charge on any atom is -0.464 e. The van der Waals surface area contributed by atoms with Gasteiger partial charge in [-0.05, 0) is 43.0 Å². The van der Waals surface area contributed by atoms with Gasteiger partial charge in [0.1, 0.15) is 11.3 Å². The number of rotatable bonds is 8. The second kappa shape index (κ2) is 10.0. The normalized spacial score (nSPS) is 12.1. The lowest BCUT2D eigenvalue weighted by molar-refractivity contribution is 0.0901. The van der Waals surface area contributed by atoms with Crippen molar-refractivity contribution in [2.75, 3.05) is 6.54 Å². The van der Waals surface area contributed by atoms with E-state index in [4.69, 9.17) is 4.42 Å². The van der Waals surface area contributed by atoms with Crippen molar-refractivity contribution in [2.24, 2.45) is 5.92 Å². The molecule has 4 aromatic rings. The second-order valence-corrected chi connectivity index (χ2v) is 9.63. The van der Waals surface area contributed by atoms with Gasteiger partial charge in [0.25, 0.3) is 11.8 Å². The van der Waals surface area contributed by atoms with Crippen LogP contribution in [0.5, 0.6) is 0 Å². The van der Waals surface area contributed by atoms with Crippen molar-refractivity contribution in [3.63, 3.8) is 0 Å². The molecule has 0 saturated heterocycles. The summed E-state index contributed by atoms with van der Waals surface area (Å²) in [5.41, 5.74) is 2.61. The summed E-state index contributed by atoms with van der Waals surface area (Å²) in [6, 6.07) is 16.8. The van der Waals surface area contributed by atoms with Gasteiger partial charge in [0, 0.05) is 18.0 Å². The number of nitrogens with one attached hydrogen (secondary N) is 2. The van der Waals surface area contributed by atoms with Crippen LogP contribution in [0.25, 0.3) is 21.4 Å². The molecule has 0 bridgehead atoms. The van der Waals surface area contributed by atoms with Gasteiger partial charge in [-0.15, -0.1) is 11.3 Å². The van der Waals surface area contributed by atoms with Crippen molar-refractivity contribution < 1.29 is 14.0 Å². The smallest absolute Gasteiger partial charge is 0.271 e. The van der Waals surface area contributed by atoms with Crippen LogP contribution in [0.3, 0.4) is 0 Å². The maximum atomic E-state index is 13.2. The largest absolute Gasteiger partial charge is 0.464 e. The molecule has 4 rings (SSSR count). The summed E-state index contributed by atoms with van der Waals surface area (Å²) in [4.78, 5) is 31.4. The van der Waals surface area contributed by atoms with Gasteiger partial charge in [-0.2, -0.15) is 0 Å². The second-order valence-electron chi connectivity index (χ2n) is 8.42. The van der Waals surface area contributed by atoms with Gasteiger partial charge in [-0.3, -0.25) is 9.59 Å². The fraction of sp³-hybridized carbons (Fsp3) is 0.269. The highest BCUT2D eigenvalue weighted by atomic mass is 32.1. The highest BCUT2D eigenvalue weighted by molar-refractivity contribution is 7.15. The summed E-state index contributed by atoms with van der Waals surface area (Å²) in [5, 5.41) is 7.68. The van der Waals surface area contributed by atoms with Gasteiger partial charge in [0.15, 0.2) is 0 Å². The number of benzene rings is 2. The molecule has 0 aliphatic heterocycles. The van der Waals surface area contributed by atoms with E-state index in [-0.39, 0.29) is 17.9 Å². The number of aryl methyl sites for hydroxylation is 1. The van der Waals surface area contributed by atoms with Crippen LogP contribution in [-0.2, 0) is 0 Å². The van der Waals surface area contributed by atoms with Crippen molar-refractivity contribution in [3.05, 3.63) is 77.1 Å². The summed E-state index contributed by atoms with van der Waals surface area (Å²) in [7, 11) is 0. The number of carbonyl (C=O) groups is 2. The first-order chi connectivity index (χ1) is 15.9. The number of hydrogen-bond donors (Lipinski definition) is 2. The number of thiazole rings is 1. The van der Waals surface area contributed by atoms with Crippen molar-refractivity contribution in [1.29, 1.82) is 0 Å². The number of amides is 2. The number of carbonyl (C=O) groups excluding carboxylic acids is 2. The Morgan fingerprint density at radius 2 is 1.82 bits per heavy atom. The Kier molecular flexibility index (Phi) is 6.89. The lowest BCUT2D eigenvalue weighted by Crippen LogP contribution is -2.44. The van der Waals surface area contributed by atoms with Crippen molar-refractivity contribution in [1.82, 2.24) is 15.6 Å².